The van der Waals surface area contributed by atoms with Crippen LogP contribution in [0.5, 0.6) is 0 Å². The lowest BCUT2D eigenvalue weighted by Crippen LogP contribution is -2.41. The molecule has 1 saturated heterocycles. The largest absolute Gasteiger partial charge is 0.370 e. The Bertz CT molecular complexity index is 440. The predicted octanol–water partition coefficient (Wildman–Crippen LogP) is 2.13. The van der Waals surface area contributed by atoms with Crippen LogP contribution in [0.25, 0.3) is 0 Å². The lowest BCUT2D eigenvalue weighted by Gasteiger charge is -2.34. The van der Waals surface area contributed by atoms with Crippen molar-refractivity contribution in [2.24, 2.45) is 0 Å². The van der Waals surface area contributed by atoms with Gasteiger partial charge in [0, 0.05) is 24.3 Å². The summed E-state index contributed by atoms with van der Waals surface area (Å²) in [7, 11) is 4.40. The molecule has 0 radical (unpaired) electrons. The molecule has 1 fully saturated rings. The maximum absolute atomic E-state index is 4.65. The number of anilines is 1. The van der Waals surface area contributed by atoms with E-state index in [9.17, 15) is 0 Å². The summed E-state index contributed by atoms with van der Waals surface area (Å²) < 4.78 is 0. The molecule has 21 heavy (non-hydrogen) atoms. The third kappa shape index (κ3) is 4.93. The van der Waals surface area contributed by atoms with Gasteiger partial charge >= 0.3 is 0 Å². The van der Waals surface area contributed by atoms with Gasteiger partial charge in [-0.2, -0.15) is 0 Å². The summed E-state index contributed by atoms with van der Waals surface area (Å²) in [4.78, 5) is 14.0. The topological polar surface area (TPSA) is 44.3 Å². The summed E-state index contributed by atoms with van der Waals surface area (Å²) >= 11 is 0. The smallest absolute Gasteiger partial charge is 0.144 e. The second-order valence-electron chi connectivity index (χ2n) is 6.19. The van der Waals surface area contributed by atoms with Crippen molar-refractivity contribution in [2.75, 3.05) is 39.0 Å². The third-order valence-corrected chi connectivity index (χ3v) is 4.16. The van der Waals surface area contributed by atoms with Crippen LogP contribution >= 0.6 is 0 Å². The van der Waals surface area contributed by atoms with E-state index in [0.717, 1.165) is 36.8 Å². The molecule has 0 amide bonds. The van der Waals surface area contributed by atoms with E-state index in [0.29, 0.717) is 6.04 Å². The molecule has 0 unspecified atom stereocenters. The average molecular weight is 291 g/mol. The maximum Gasteiger partial charge on any atom is 0.144 e. The molecule has 118 valence electrons. The minimum absolute atomic E-state index is 0.650. The second-order valence-corrected chi connectivity index (χ2v) is 6.19. The molecule has 1 aliphatic heterocycles. The van der Waals surface area contributed by atoms with Gasteiger partial charge < -0.3 is 10.2 Å². The first kappa shape index (κ1) is 16.2. The molecule has 2 heterocycles. The van der Waals surface area contributed by atoms with Crippen LogP contribution in [-0.4, -0.2) is 59.5 Å². The first-order valence-corrected chi connectivity index (χ1v) is 8.05. The van der Waals surface area contributed by atoms with Crippen LogP contribution in [0.3, 0.4) is 0 Å². The molecule has 0 aliphatic carbocycles. The van der Waals surface area contributed by atoms with Gasteiger partial charge in [-0.3, -0.25) is 4.90 Å². The monoisotopic (exact) mass is 291 g/mol. The SMILES string of the molecule is CCCNc1cc(C)nc(CN(C)C2CCN(C)CC2)n1. The molecule has 1 aliphatic rings. The van der Waals surface area contributed by atoms with Gasteiger partial charge in [0.25, 0.3) is 0 Å². The molecule has 0 bridgehead atoms. The van der Waals surface area contributed by atoms with Crippen LogP contribution in [0.4, 0.5) is 5.82 Å². The molecular weight excluding hydrogens is 262 g/mol. The molecule has 0 aromatic carbocycles. The van der Waals surface area contributed by atoms with E-state index >= 15 is 0 Å². The minimum atomic E-state index is 0.650. The summed E-state index contributed by atoms with van der Waals surface area (Å²) in [6.45, 7) is 8.37. The van der Waals surface area contributed by atoms with Gasteiger partial charge in [-0.15, -0.1) is 0 Å². The number of nitrogens with zero attached hydrogens (tertiary/aromatic N) is 4. The minimum Gasteiger partial charge on any atom is -0.370 e. The van der Waals surface area contributed by atoms with Gasteiger partial charge in [-0.1, -0.05) is 6.92 Å². The fraction of sp³-hybridized carbons (Fsp3) is 0.750. The lowest BCUT2D eigenvalue weighted by atomic mass is 10.0. The van der Waals surface area contributed by atoms with Gasteiger partial charge in [0.15, 0.2) is 0 Å². The summed E-state index contributed by atoms with van der Waals surface area (Å²) in [5, 5.41) is 3.36. The fourth-order valence-electron chi connectivity index (χ4n) is 2.83. The first-order valence-electron chi connectivity index (χ1n) is 8.05. The van der Waals surface area contributed by atoms with Crippen molar-refractivity contribution in [3.05, 3.63) is 17.6 Å². The highest BCUT2D eigenvalue weighted by Gasteiger charge is 2.21. The van der Waals surface area contributed by atoms with Crippen molar-refractivity contribution < 1.29 is 0 Å². The van der Waals surface area contributed by atoms with Crippen LogP contribution in [0, 0.1) is 6.92 Å². The van der Waals surface area contributed by atoms with E-state index in [-0.39, 0.29) is 0 Å². The fourth-order valence-corrected chi connectivity index (χ4v) is 2.83. The highest BCUT2D eigenvalue weighted by Crippen LogP contribution is 2.16. The zero-order chi connectivity index (χ0) is 15.2. The van der Waals surface area contributed by atoms with E-state index in [1.54, 1.807) is 0 Å². The Labute approximate surface area is 128 Å². The Kier molecular flexibility index (Phi) is 5.94. The molecular formula is C16H29N5. The van der Waals surface area contributed by atoms with Crippen LogP contribution in [0.1, 0.15) is 37.7 Å². The number of likely N-dealkylation sites (tertiary alicyclic amines) is 1. The summed E-state index contributed by atoms with van der Waals surface area (Å²) in [6.07, 6.45) is 3.58. The molecule has 0 spiro atoms. The van der Waals surface area contributed by atoms with E-state index in [2.05, 4.69) is 46.1 Å². The van der Waals surface area contributed by atoms with Crippen molar-refractivity contribution in [2.45, 2.75) is 45.7 Å². The summed E-state index contributed by atoms with van der Waals surface area (Å²) in [6, 6.07) is 2.67. The Morgan fingerprint density at radius 1 is 1.33 bits per heavy atom. The number of nitrogens with one attached hydrogen (secondary N) is 1. The molecule has 0 saturated carbocycles. The highest BCUT2D eigenvalue weighted by atomic mass is 15.2. The van der Waals surface area contributed by atoms with Crippen LogP contribution in [0.15, 0.2) is 6.07 Å². The van der Waals surface area contributed by atoms with Gasteiger partial charge in [0.1, 0.15) is 11.6 Å². The molecule has 0 atom stereocenters. The third-order valence-electron chi connectivity index (χ3n) is 4.16. The zero-order valence-corrected chi connectivity index (χ0v) is 13.9. The molecule has 1 N–H and O–H groups in total. The highest BCUT2D eigenvalue weighted by molar-refractivity contribution is 5.35. The van der Waals surface area contributed by atoms with E-state index in [1.165, 1.54) is 25.9 Å². The van der Waals surface area contributed by atoms with Crippen molar-refractivity contribution in [3.8, 4) is 0 Å². The van der Waals surface area contributed by atoms with E-state index in [4.69, 9.17) is 0 Å². The normalized spacial score (nSPS) is 17.4. The van der Waals surface area contributed by atoms with Crippen LogP contribution in [0.2, 0.25) is 0 Å². The Balaban J connectivity index is 1.96. The van der Waals surface area contributed by atoms with Crippen molar-refractivity contribution in [1.82, 2.24) is 19.8 Å². The number of hydrogen-bond donors (Lipinski definition) is 1. The second kappa shape index (κ2) is 7.71. The van der Waals surface area contributed by atoms with Crippen molar-refractivity contribution >= 4 is 5.82 Å². The standard InChI is InChI=1S/C16H29N5/c1-5-8-17-15-11-13(2)18-16(19-15)12-21(4)14-6-9-20(3)10-7-14/h11,14H,5-10,12H2,1-4H3,(H,17,18,19). The van der Waals surface area contributed by atoms with Crippen LogP contribution in [-0.2, 0) is 6.54 Å². The number of piperidine rings is 1. The maximum atomic E-state index is 4.65. The molecule has 5 heteroatoms. The number of hydrogen-bond acceptors (Lipinski definition) is 5. The van der Waals surface area contributed by atoms with Crippen LogP contribution < -0.4 is 5.32 Å². The number of rotatable bonds is 6. The van der Waals surface area contributed by atoms with Gasteiger partial charge in [-0.05, 0) is 53.4 Å². The zero-order valence-electron chi connectivity index (χ0n) is 13.9. The first-order chi connectivity index (χ1) is 10.1. The van der Waals surface area contributed by atoms with Gasteiger partial charge in [0.05, 0.1) is 6.54 Å². The number of aryl methyl sites for hydroxylation is 1. The average Bonchev–Trinajstić information content (AvgIpc) is 2.45. The van der Waals surface area contributed by atoms with Crippen molar-refractivity contribution in [1.29, 1.82) is 0 Å². The van der Waals surface area contributed by atoms with Gasteiger partial charge in [-0.25, -0.2) is 9.97 Å². The van der Waals surface area contributed by atoms with Crippen molar-refractivity contribution in [3.63, 3.8) is 0 Å². The molecule has 1 aromatic rings. The summed E-state index contributed by atoms with van der Waals surface area (Å²) in [5.74, 6) is 1.88. The Morgan fingerprint density at radius 2 is 2.05 bits per heavy atom. The van der Waals surface area contributed by atoms with E-state index in [1.807, 2.05) is 13.0 Å². The number of aromatic nitrogens is 2. The predicted molar refractivity (Wildman–Crippen MR) is 87.5 cm³/mol. The van der Waals surface area contributed by atoms with Gasteiger partial charge in [0.2, 0.25) is 0 Å². The lowest BCUT2D eigenvalue weighted by molar-refractivity contribution is 0.137. The Morgan fingerprint density at radius 3 is 2.71 bits per heavy atom. The quantitative estimate of drug-likeness (QED) is 0.870. The molecule has 1 aromatic heterocycles. The summed E-state index contributed by atoms with van der Waals surface area (Å²) in [5.41, 5.74) is 1.04. The molecule has 2 rings (SSSR count). The molecule has 5 nitrogen and oxygen atoms in total. The Hall–Kier alpha value is -1.20. The van der Waals surface area contributed by atoms with E-state index < -0.39 is 0 Å².